The van der Waals surface area contributed by atoms with Gasteiger partial charge in [0, 0.05) is 28.2 Å². The maximum Gasteiger partial charge on any atom is 0.289 e. The predicted molar refractivity (Wildman–Crippen MR) is 163 cm³/mol. The maximum absolute atomic E-state index is 12.6. The van der Waals surface area contributed by atoms with Gasteiger partial charge in [0.1, 0.15) is 16.5 Å². The van der Waals surface area contributed by atoms with Crippen LogP contribution in [0.4, 0.5) is 5.13 Å². The number of fused-ring (bicyclic) bond motifs is 2. The molecular weight excluding hydrogens is 684 g/mol. The molecule has 2 aliphatic rings. The van der Waals surface area contributed by atoms with Gasteiger partial charge in [-0.05, 0) is 78.5 Å². The van der Waals surface area contributed by atoms with E-state index in [1.54, 1.807) is 0 Å². The van der Waals surface area contributed by atoms with Crippen LogP contribution in [0.2, 0.25) is 0 Å². The first-order valence-electron chi connectivity index (χ1n) is 12.4. The SMILES string of the molecule is N=C(CCCCc1nnc(NC(=O)C2Cc3cc(Br)ccc3O2)s1)SC(N)=NC(=O)C1Cc2cc(Br)ccc2O1. The summed E-state index contributed by atoms with van der Waals surface area (Å²) < 4.78 is 13.3. The minimum Gasteiger partial charge on any atom is -0.480 e. The van der Waals surface area contributed by atoms with E-state index in [1.165, 1.54) is 11.3 Å². The van der Waals surface area contributed by atoms with Gasteiger partial charge in [-0.3, -0.25) is 20.3 Å². The third-order valence-electron chi connectivity index (χ3n) is 6.15. The Morgan fingerprint density at radius 1 is 1.05 bits per heavy atom. The van der Waals surface area contributed by atoms with Crippen molar-refractivity contribution in [2.45, 2.75) is 50.7 Å². The number of halogens is 2. The van der Waals surface area contributed by atoms with Crippen molar-refractivity contribution < 1.29 is 19.1 Å². The fourth-order valence-corrected chi connectivity index (χ4v) is 6.49. The van der Waals surface area contributed by atoms with Crippen molar-refractivity contribution >= 4 is 82.1 Å². The highest BCUT2D eigenvalue weighted by Crippen LogP contribution is 2.33. The Morgan fingerprint density at radius 2 is 1.70 bits per heavy atom. The molecule has 4 N–H and O–H groups in total. The molecule has 0 fully saturated rings. The molecule has 14 heteroatoms. The van der Waals surface area contributed by atoms with Crippen LogP contribution in [-0.4, -0.2) is 44.4 Å². The normalized spacial score (nSPS) is 17.5. The first kappa shape index (κ1) is 28.7. The molecular formula is C26H24Br2N6O4S2. The number of nitrogens with zero attached hydrogens (tertiary/aromatic N) is 3. The number of unbranched alkanes of at least 4 members (excludes halogenated alkanes) is 1. The van der Waals surface area contributed by atoms with Gasteiger partial charge in [0.25, 0.3) is 11.8 Å². The lowest BCUT2D eigenvalue weighted by molar-refractivity contribution is -0.123. The van der Waals surface area contributed by atoms with Gasteiger partial charge in [-0.15, -0.1) is 10.2 Å². The van der Waals surface area contributed by atoms with Crippen molar-refractivity contribution in [3.8, 4) is 11.5 Å². The van der Waals surface area contributed by atoms with Gasteiger partial charge < -0.3 is 15.2 Å². The fourth-order valence-electron chi connectivity index (χ4n) is 4.25. The number of carbonyl (C=O) groups is 2. The van der Waals surface area contributed by atoms with Crippen LogP contribution in [0.15, 0.2) is 50.3 Å². The summed E-state index contributed by atoms with van der Waals surface area (Å²) in [7, 11) is 0. The number of hydrogen-bond acceptors (Lipinski definition) is 9. The highest BCUT2D eigenvalue weighted by atomic mass is 79.9. The Hall–Kier alpha value is -2.81. The molecule has 40 heavy (non-hydrogen) atoms. The maximum atomic E-state index is 12.6. The van der Waals surface area contributed by atoms with Crippen LogP contribution in [0, 0.1) is 5.41 Å². The lowest BCUT2D eigenvalue weighted by Gasteiger charge is -2.08. The smallest absolute Gasteiger partial charge is 0.289 e. The molecule has 5 rings (SSSR count). The molecule has 3 heterocycles. The number of aryl methyl sites for hydroxylation is 1. The van der Waals surface area contributed by atoms with E-state index >= 15 is 0 Å². The Labute approximate surface area is 255 Å². The molecule has 0 aliphatic carbocycles. The fraction of sp³-hybridized carbons (Fsp3) is 0.308. The molecule has 2 aliphatic heterocycles. The van der Waals surface area contributed by atoms with Gasteiger partial charge >= 0.3 is 0 Å². The van der Waals surface area contributed by atoms with E-state index in [0.717, 1.165) is 49.7 Å². The van der Waals surface area contributed by atoms with Crippen LogP contribution in [0.25, 0.3) is 0 Å². The molecule has 3 aromatic rings. The number of rotatable bonds is 8. The first-order valence-corrected chi connectivity index (χ1v) is 15.6. The molecule has 10 nitrogen and oxygen atoms in total. The minimum absolute atomic E-state index is 0.0298. The topological polar surface area (TPSA) is 153 Å². The number of nitrogens with two attached hydrogens (primary N) is 1. The van der Waals surface area contributed by atoms with Crippen LogP contribution < -0.4 is 20.5 Å². The van der Waals surface area contributed by atoms with Gasteiger partial charge in [0.05, 0.1) is 5.04 Å². The number of amidine groups is 1. The lowest BCUT2D eigenvalue weighted by Crippen LogP contribution is -2.31. The molecule has 2 aromatic carbocycles. The highest BCUT2D eigenvalue weighted by molar-refractivity contribution is 9.10. The van der Waals surface area contributed by atoms with Gasteiger partial charge in [-0.2, -0.15) is 4.99 Å². The van der Waals surface area contributed by atoms with E-state index in [0.29, 0.717) is 47.4 Å². The summed E-state index contributed by atoms with van der Waals surface area (Å²) in [6.07, 6.45) is 2.30. The molecule has 0 bridgehead atoms. The van der Waals surface area contributed by atoms with Crippen molar-refractivity contribution in [3.63, 3.8) is 0 Å². The Morgan fingerprint density at radius 3 is 2.40 bits per heavy atom. The third-order valence-corrected chi connectivity index (χ3v) is 8.79. The lowest BCUT2D eigenvalue weighted by atomic mass is 10.1. The van der Waals surface area contributed by atoms with Crippen LogP contribution in [-0.2, 0) is 28.9 Å². The highest BCUT2D eigenvalue weighted by Gasteiger charge is 2.30. The number of hydrogen-bond donors (Lipinski definition) is 3. The number of aliphatic imine (C=N–C) groups is 1. The molecule has 2 amide bonds. The molecule has 2 atom stereocenters. The summed E-state index contributed by atoms with van der Waals surface area (Å²) >= 11 is 9.15. The first-order chi connectivity index (χ1) is 19.2. The second-order valence-corrected chi connectivity index (χ2v) is 13.1. The molecule has 0 radical (unpaired) electrons. The average molecular weight is 708 g/mol. The summed E-state index contributed by atoms with van der Waals surface area (Å²) in [4.78, 5) is 29.0. The van der Waals surface area contributed by atoms with Crippen LogP contribution >= 0.6 is 55.0 Å². The number of aromatic nitrogens is 2. The van der Waals surface area contributed by atoms with E-state index in [4.69, 9.17) is 20.6 Å². The molecule has 0 saturated carbocycles. The number of ether oxygens (including phenoxy) is 2. The Balaban J connectivity index is 0.999. The molecule has 1 aromatic heterocycles. The zero-order valence-corrected chi connectivity index (χ0v) is 25.8. The molecule has 0 saturated heterocycles. The van der Waals surface area contributed by atoms with Gasteiger partial charge in [-0.25, -0.2) is 0 Å². The summed E-state index contributed by atoms with van der Waals surface area (Å²) in [5.41, 5.74) is 7.84. The number of anilines is 1. The number of benzene rings is 2. The van der Waals surface area contributed by atoms with E-state index in [9.17, 15) is 9.59 Å². The van der Waals surface area contributed by atoms with Crippen molar-refractivity contribution in [1.29, 1.82) is 5.41 Å². The predicted octanol–water partition coefficient (Wildman–Crippen LogP) is 5.27. The van der Waals surface area contributed by atoms with E-state index < -0.39 is 18.1 Å². The Kier molecular flexibility index (Phi) is 9.18. The largest absolute Gasteiger partial charge is 0.480 e. The van der Waals surface area contributed by atoms with Gasteiger partial charge in [0.2, 0.25) is 5.13 Å². The van der Waals surface area contributed by atoms with Crippen molar-refractivity contribution in [1.82, 2.24) is 10.2 Å². The summed E-state index contributed by atoms with van der Waals surface area (Å²) in [5, 5.41) is 20.8. The van der Waals surface area contributed by atoms with E-state index in [-0.39, 0.29) is 11.1 Å². The van der Waals surface area contributed by atoms with E-state index in [2.05, 4.69) is 52.4 Å². The third kappa shape index (κ3) is 7.28. The van der Waals surface area contributed by atoms with Crippen molar-refractivity contribution in [3.05, 3.63) is 61.5 Å². The number of thioether (sulfide) groups is 1. The molecule has 208 valence electrons. The van der Waals surface area contributed by atoms with Gasteiger partial charge in [0.15, 0.2) is 17.4 Å². The Bertz CT molecular complexity index is 1500. The number of nitrogens with one attached hydrogen (secondary N) is 2. The van der Waals surface area contributed by atoms with Gasteiger partial charge in [-0.1, -0.05) is 43.2 Å². The average Bonchev–Trinajstić information content (AvgIpc) is 3.64. The van der Waals surface area contributed by atoms with Crippen molar-refractivity contribution in [2.24, 2.45) is 10.7 Å². The zero-order valence-electron chi connectivity index (χ0n) is 21.0. The van der Waals surface area contributed by atoms with Crippen LogP contribution in [0.1, 0.15) is 35.4 Å². The summed E-state index contributed by atoms with van der Waals surface area (Å²) in [6, 6.07) is 11.3. The number of amides is 2. The summed E-state index contributed by atoms with van der Waals surface area (Å²) in [5.74, 6) is 0.673. The second-order valence-electron chi connectivity index (χ2n) is 9.14. The standard InChI is InChI=1S/C26H24Br2N6O4S2/c27-15-5-7-17-13(9-15)11-19(37-17)23(35)31-25(30)39-21(29)3-1-2-4-22-33-34-26(40-22)32-24(36)20-12-14-10-16(28)6-8-18(14)38-20/h5-10,19-20,29H,1-4,11-12H2,(H2,30,31,35)(H,32,34,36). The quantitative estimate of drug-likeness (QED) is 0.163. The number of carbonyl (C=O) groups excluding carboxylic acids is 2. The van der Waals surface area contributed by atoms with Crippen molar-refractivity contribution in [2.75, 3.05) is 5.32 Å². The summed E-state index contributed by atoms with van der Waals surface area (Å²) in [6.45, 7) is 0. The molecule has 0 spiro atoms. The second kappa shape index (κ2) is 12.8. The van der Waals surface area contributed by atoms with Crippen LogP contribution in [0.5, 0.6) is 11.5 Å². The minimum atomic E-state index is -0.705. The molecule has 2 unspecified atom stereocenters. The van der Waals surface area contributed by atoms with Crippen LogP contribution in [0.3, 0.4) is 0 Å². The monoisotopic (exact) mass is 706 g/mol. The van der Waals surface area contributed by atoms with E-state index in [1.807, 2.05) is 36.4 Å². The zero-order chi connectivity index (χ0) is 28.2.